The van der Waals surface area contributed by atoms with Crippen LogP contribution in [-0.2, 0) is 4.79 Å². The van der Waals surface area contributed by atoms with Gasteiger partial charge in [0.25, 0.3) is 0 Å². The molecule has 0 unspecified atom stereocenters. The number of hydrogen-bond donors (Lipinski definition) is 1. The second-order valence-electron chi connectivity index (χ2n) is 5.13. The van der Waals surface area contributed by atoms with Gasteiger partial charge in [-0.05, 0) is 37.5 Å². The Bertz CT molecular complexity index is 603. The SMILES string of the molecule is CCC[C@H](C)C(=O)Nc1nc2c(C)cc(C)cc2s1. The lowest BCUT2D eigenvalue weighted by molar-refractivity contribution is -0.119. The minimum Gasteiger partial charge on any atom is -0.302 e. The van der Waals surface area contributed by atoms with Crippen molar-refractivity contribution in [3.63, 3.8) is 0 Å². The first-order valence-corrected chi connectivity index (χ1v) is 7.51. The smallest absolute Gasteiger partial charge is 0.228 e. The van der Waals surface area contributed by atoms with Crippen molar-refractivity contribution < 1.29 is 4.79 Å². The molecule has 1 atom stereocenters. The number of thiazole rings is 1. The average Bonchev–Trinajstić information content (AvgIpc) is 2.72. The number of carbonyl (C=O) groups is 1. The number of benzene rings is 1. The second kappa shape index (κ2) is 5.70. The quantitative estimate of drug-likeness (QED) is 0.905. The molecule has 0 aliphatic heterocycles. The Balaban J connectivity index is 2.22. The molecule has 4 heteroatoms. The molecule has 1 amide bonds. The van der Waals surface area contributed by atoms with Crippen molar-refractivity contribution in [1.29, 1.82) is 0 Å². The number of fused-ring (bicyclic) bond motifs is 1. The zero-order valence-corrected chi connectivity index (χ0v) is 12.7. The number of carbonyl (C=O) groups excluding carboxylic acids is 1. The summed E-state index contributed by atoms with van der Waals surface area (Å²) in [6.45, 7) is 8.18. The van der Waals surface area contributed by atoms with Crippen LogP contribution in [0.15, 0.2) is 12.1 Å². The molecule has 0 saturated carbocycles. The van der Waals surface area contributed by atoms with E-state index in [0.717, 1.165) is 28.6 Å². The fourth-order valence-electron chi connectivity index (χ4n) is 2.22. The molecule has 0 fully saturated rings. The van der Waals surface area contributed by atoms with Gasteiger partial charge in [0.1, 0.15) is 0 Å². The molecule has 0 saturated heterocycles. The Morgan fingerprint density at radius 1 is 1.42 bits per heavy atom. The van der Waals surface area contributed by atoms with E-state index in [0.29, 0.717) is 5.13 Å². The highest BCUT2D eigenvalue weighted by atomic mass is 32.1. The molecule has 0 spiro atoms. The summed E-state index contributed by atoms with van der Waals surface area (Å²) < 4.78 is 1.14. The summed E-state index contributed by atoms with van der Waals surface area (Å²) in [5.41, 5.74) is 3.38. The number of rotatable bonds is 4. The first-order chi connectivity index (χ1) is 9.01. The highest BCUT2D eigenvalue weighted by molar-refractivity contribution is 7.22. The van der Waals surface area contributed by atoms with Crippen molar-refractivity contribution in [1.82, 2.24) is 4.98 Å². The summed E-state index contributed by atoms with van der Waals surface area (Å²) in [4.78, 5) is 16.5. The topological polar surface area (TPSA) is 42.0 Å². The van der Waals surface area contributed by atoms with Crippen molar-refractivity contribution in [2.24, 2.45) is 5.92 Å². The molecule has 19 heavy (non-hydrogen) atoms. The zero-order valence-electron chi connectivity index (χ0n) is 11.9. The summed E-state index contributed by atoms with van der Waals surface area (Å²) >= 11 is 1.55. The summed E-state index contributed by atoms with van der Waals surface area (Å²) in [7, 11) is 0. The van der Waals surface area contributed by atoms with Crippen LogP contribution in [0.5, 0.6) is 0 Å². The van der Waals surface area contributed by atoms with E-state index in [-0.39, 0.29) is 11.8 Å². The van der Waals surface area contributed by atoms with E-state index in [1.807, 2.05) is 6.92 Å². The molecular formula is C15H20N2OS. The summed E-state index contributed by atoms with van der Waals surface area (Å²) in [6, 6.07) is 4.23. The van der Waals surface area contributed by atoms with Gasteiger partial charge in [-0.2, -0.15) is 0 Å². The van der Waals surface area contributed by atoms with Crippen LogP contribution in [0.4, 0.5) is 5.13 Å². The summed E-state index contributed by atoms with van der Waals surface area (Å²) in [5, 5.41) is 3.64. The molecule has 0 radical (unpaired) electrons. The van der Waals surface area contributed by atoms with Gasteiger partial charge < -0.3 is 5.32 Å². The van der Waals surface area contributed by atoms with Crippen LogP contribution in [0, 0.1) is 19.8 Å². The Kier molecular flexibility index (Phi) is 4.20. The Hall–Kier alpha value is -1.42. The van der Waals surface area contributed by atoms with Gasteiger partial charge in [-0.3, -0.25) is 4.79 Å². The van der Waals surface area contributed by atoms with E-state index < -0.39 is 0 Å². The van der Waals surface area contributed by atoms with E-state index in [1.165, 1.54) is 5.56 Å². The molecule has 1 aromatic heterocycles. The van der Waals surface area contributed by atoms with Crippen molar-refractivity contribution in [3.05, 3.63) is 23.3 Å². The second-order valence-corrected chi connectivity index (χ2v) is 6.16. The lowest BCUT2D eigenvalue weighted by atomic mass is 10.1. The molecule has 102 valence electrons. The Morgan fingerprint density at radius 3 is 2.84 bits per heavy atom. The average molecular weight is 276 g/mol. The van der Waals surface area contributed by atoms with Gasteiger partial charge in [-0.15, -0.1) is 0 Å². The van der Waals surface area contributed by atoms with Gasteiger partial charge in [-0.25, -0.2) is 4.98 Å². The number of amides is 1. The molecule has 1 N–H and O–H groups in total. The van der Waals surface area contributed by atoms with E-state index >= 15 is 0 Å². The predicted octanol–water partition coefficient (Wildman–Crippen LogP) is 4.29. The minimum atomic E-state index is 0.0415. The van der Waals surface area contributed by atoms with Crippen LogP contribution < -0.4 is 5.32 Å². The molecule has 0 bridgehead atoms. The van der Waals surface area contributed by atoms with Crippen LogP contribution >= 0.6 is 11.3 Å². The number of aromatic nitrogens is 1. The van der Waals surface area contributed by atoms with E-state index in [1.54, 1.807) is 11.3 Å². The lowest BCUT2D eigenvalue weighted by Gasteiger charge is -2.08. The molecule has 2 aromatic rings. The Labute approximate surface area is 118 Å². The van der Waals surface area contributed by atoms with Crippen LogP contribution in [0.2, 0.25) is 0 Å². The first kappa shape index (κ1) is 14.0. The third-order valence-corrected chi connectivity index (χ3v) is 4.15. The van der Waals surface area contributed by atoms with Crippen LogP contribution in [0.1, 0.15) is 37.8 Å². The van der Waals surface area contributed by atoms with E-state index in [9.17, 15) is 4.79 Å². The highest BCUT2D eigenvalue weighted by Gasteiger charge is 2.14. The fraction of sp³-hybridized carbons (Fsp3) is 0.467. The van der Waals surface area contributed by atoms with Gasteiger partial charge in [0.05, 0.1) is 10.2 Å². The van der Waals surface area contributed by atoms with Gasteiger partial charge in [-0.1, -0.05) is 37.7 Å². The normalized spacial score (nSPS) is 12.6. The fourth-order valence-corrected chi connectivity index (χ4v) is 3.26. The monoisotopic (exact) mass is 276 g/mol. The highest BCUT2D eigenvalue weighted by Crippen LogP contribution is 2.29. The number of nitrogens with one attached hydrogen (secondary N) is 1. The number of hydrogen-bond acceptors (Lipinski definition) is 3. The molecule has 1 aromatic carbocycles. The molecule has 0 aliphatic carbocycles. The third-order valence-electron chi connectivity index (χ3n) is 3.23. The molecule has 0 aliphatic rings. The van der Waals surface area contributed by atoms with Crippen molar-refractivity contribution >= 4 is 32.6 Å². The van der Waals surface area contributed by atoms with Crippen LogP contribution in [0.3, 0.4) is 0 Å². The number of anilines is 1. The first-order valence-electron chi connectivity index (χ1n) is 6.70. The maximum Gasteiger partial charge on any atom is 0.228 e. The number of nitrogens with zero attached hydrogens (tertiary/aromatic N) is 1. The minimum absolute atomic E-state index is 0.0415. The number of aryl methyl sites for hydroxylation is 2. The van der Waals surface area contributed by atoms with Crippen molar-refractivity contribution in [2.45, 2.75) is 40.5 Å². The van der Waals surface area contributed by atoms with Crippen LogP contribution in [0.25, 0.3) is 10.2 Å². The third kappa shape index (κ3) is 3.13. The lowest BCUT2D eigenvalue weighted by Crippen LogP contribution is -2.19. The predicted molar refractivity (Wildman–Crippen MR) is 81.8 cm³/mol. The van der Waals surface area contributed by atoms with Crippen LogP contribution in [-0.4, -0.2) is 10.9 Å². The molecule has 2 rings (SSSR count). The molecule has 1 heterocycles. The van der Waals surface area contributed by atoms with Crippen molar-refractivity contribution in [2.75, 3.05) is 5.32 Å². The maximum atomic E-state index is 12.0. The zero-order chi connectivity index (χ0) is 14.0. The summed E-state index contributed by atoms with van der Waals surface area (Å²) in [6.07, 6.45) is 1.93. The maximum absolute atomic E-state index is 12.0. The standard InChI is InChI=1S/C15H20N2OS/c1-5-6-10(3)14(18)17-15-16-13-11(4)7-9(2)8-12(13)19-15/h7-8,10H,5-6H2,1-4H3,(H,16,17,18)/t10-/m0/s1. The van der Waals surface area contributed by atoms with Gasteiger partial charge in [0.2, 0.25) is 5.91 Å². The summed E-state index contributed by atoms with van der Waals surface area (Å²) in [5.74, 6) is 0.107. The van der Waals surface area contributed by atoms with E-state index in [4.69, 9.17) is 0 Å². The van der Waals surface area contributed by atoms with Gasteiger partial charge in [0, 0.05) is 5.92 Å². The Morgan fingerprint density at radius 2 is 2.16 bits per heavy atom. The van der Waals surface area contributed by atoms with Gasteiger partial charge in [0.15, 0.2) is 5.13 Å². The van der Waals surface area contributed by atoms with Gasteiger partial charge >= 0.3 is 0 Å². The molecular weight excluding hydrogens is 256 g/mol. The van der Waals surface area contributed by atoms with E-state index in [2.05, 4.69) is 43.2 Å². The molecule has 3 nitrogen and oxygen atoms in total. The largest absolute Gasteiger partial charge is 0.302 e. The van der Waals surface area contributed by atoms with Crippen molar-refractivity contribution in [3.8, 4) is 0 Å².